The SMILES string of the molecule is O=C(O)c1ccc(CCC2CCCCC2)cc1. The highest BCUT2D eigenvalue weighted by Gasteiger charge is 2.13. The minimum absolute atomic E-state index is 0.381. The van der Waals surface area contributed by atoms with E-state index in [0.29, 0.717) is 5.56 Å². The molecule has 2 rings (SSSR count). The predicted molar refractivity (Wildman–Crippen MR) is 68.3 cm³/mol. The molecule has 0 heterocycles. The first-order valence-electron chi connectivity index (χ1n) is 6.58. The lowest BCUT2D eigenvalue weighted by molar-refractivity contribution is 0.0697. The average molecular weight is 232 g/mol. The van der Waals surface area contributed by atoms with Crippen LogP contribution in [-0.4, -0.2) is 11.1 Å². The van der Waals surface area contributed by atoms with Crippen molar-refractivity contribution in [1.82, 2.24) is 0 Å². The number of carboxylic acid groups (broad SMARTS) is 1. The molecule has 0 saturated heterocycles. The molecule has 1 fully saturated rings. The molecule has 2 heteroatoms. The Balaban J connectivity index is 1.84. The monoisotopic (exact) mass is 232 g/mol. The zero-order valence-electron chi connectivity index (χ0n) is 10.2. The summed E-state index contributed by atoms with van der Waals surface area (Å²) in [4.78, 5) is 10.7. The molecule has 0 aromatic heterocycles. The molecule has 0 atom stereocenters. The fourth-order valence-corrected chi connectivity index (χ4v) is 2.66. The van der Waals surface area contributed by atoms with Gasteiger partial charge in [0, 0.05) is 0 Å². The molecule has 1 saturated carbocycles. The van der Waals surface area contributed by atoms with Gasteiger partial charge < -0.3 is 5.11 Å². The molecule has 2 nitrogen and oxygen atoms in total. The number of carboxylic acids is 1. The molecular weight excluding hydrogens is 212 g/mol. The lowest BCUT2D eigenvalue weighted by Gasteiger charge is -2.21. The maximum atomic E-state index is 10.7. The number of carbonyl (C=O) groups is 1. The van der Waals surface area contributed by atoms with Crippen LogP contribution in [0.25, 0.3) is 0 Å². The van der Waals surface area contributed by atoms with Crippen LogP contribution in [0.4, 0.5) is 0 Å². The van der Waals surface area contributed by atoms with Crippen molar-refractivity contribution < 1.29 is 9.90 Å². The maximum absolute atomic E-state index is 10.7. The lowest BCUT2D eigenvalue weighted by atomic mass is 9.85. The standard InChI is InChI=1S/C15H20O2/c16-15(17)14-10-8-13(9-11-14)7-6-12-4-2-1-3-5-12/h8-12H,1-7H2,(H,16,17). The van der Waals surface area contributed by atoms with E-state index < -0.39 is 5.97 Å². The molecule has 1 aromatic carbocycles. The minimum atomic E-state index is -0.844. The fourth-order valence-electron chi connectivity index (χ4n) is 2.66. The molecule has 0 amide bonds. The topological polar surface area (TPSA) is 37.3 Å². The predicted octanol–water partition coefficient (Wildman–Crippen LogP) is 3.90. The van der Waals surface area contributed by atoms with Gasteiger partial charge in [-0.05, 0) is 36.5 Å². The summed E-state index contributed by atoms with van der Waals surface area (Å²) in [6.45, 7) is 0. The van der Waals surface area contributed by atoms with Crippen molar-refractivity contribution in [2.75, 3.05) is 0 Å². The zero-order valence-corrected chi connectivity index (χ0v) is 10.2. The second kappa shape index (κ2) is 5.85. The van der Waals surface area contributed by atoms with Crippen LogP contribution in [0.5, 0.6) is 0 Å². The van der Waals surface area contributed by atoms with E-state index in [1.165, 1.54) is 44.1 Å². The van der Waals surface area contributed by atoms with Crippen molar-refractivity contribution in [2.45, 2.75) is 44.9 Å². The molecule has 0 bridgehead atoms. The van der Waals surface area contributed by atoms with Crippen molar-refractivity contribution >= 4 is 5.97 Å². The van der Waals surface area contributed by atoms with E-state index in [1.807, 2.05) is 12.1 Å². The normalized spacial score (nSPS) is 16.9. The summed E-state index contributed by atoms with van der Waals surface area (Å²) in [7, 11) is 0. The first-order valence-corrected chi connectivity index (χ1v) is 6.58. The quantitative estimate of drug-likeness (QED) is 0.854. The summed E-state index contributed by atoms with van der Waals surface area (Å²) in [5.41, 5.74) is 1.65. The number of hydrogen-bond donors (Lipinski definition) is 1. The van der Waals surface area contributed by atoms with Crippen LogP contribution in [0.3, 0.4) is 0 Å². The van der Waals surface area contributed by atoms with Gasteiger partial charge in [0.05, 0.1) is 5.56 Å². The number of aromatic carboxylic acids is 1. The zero-order chi connectivity index (χ0) is 12.1. The molecule has 0 spiro atoms. The van der Waals surface area contributed by atoms with Gasteiger partial charge in [0.25, 0.3) is 0 Å². The summed E-state index contributed by atoms with van der Waals surface area (Å²) in [5, 5.41) is 8.81. The number of benzene rings is 1. The third kappa shape index (κ3) is 3.58. The van der Waals surface area contributed by atoms with Crippen LogP contribution in [0.2, 0.25) is 0 Å². The third-order valence-electron chi connectivity index (χ3n) is 3.77. The first kappa shape index (κ1) is 12.2. The Bertz CT molecular complexity index is 361. The van der Waals surface area contributed by atoms with E-state index in [0.717, 1.165) is 12.3 Å². The highest BCUT2D eigenvalue weighted by molar-refractivity contribution is 5.87. The van der Waals surface area contributed by atoms with Gasteiger partial charge in [0.2, 0.25) is 0 Å². The van der Waals surface area contributed by atoms with Crippen LogP contribution in [0.15, 0.2) is 24.3 Å². The fraction of sp³-hybridized carbons (Fsp3) is 0.533. The van der Waals surface area contributed by atoms with E-state index in [9.17, 15) is 4.79 Å². The van der Waals surface area contributed by atoms with Gasteiger partial charge in [-0.3, -0.25) is 0 Å². The second-order valence-electron chi connectivity index (χ2n) is 5.04. The van der Waals surface area contributed by atoms with Gasteiger partial charge >= 0.3 is 5.97 Å². The van der Waals surface area contributed by atoms with Gasteiger partial charge in [0.15, 0.2) is 0 Å². The maximum Gasteiger partial charge on any atom is 0.335 e. The van der Waals surface area contributed by atoms with Crippen LogP contribution in [-0.2, 0) is 6.42 Å². The molecule has 1 N–H and O–H groups in total. The Morgan fingerprint density at radius 3 is 2.35 bits per heavy atom. The smallest absolute Gasteiger partial charge is 0.335 e. The van der Waals surface area contributed by atoms with Gasteiger partial charge in [-0.1, -0.05) is 44.2 Å². The molecule has 1 aliphatic rings. The highest BCUT2D eigenvalue weighted by Crippen LogP contribution is 2.27. The van der Waals surface area contributed by atoms with E-state index in [-0.39, 0.29) is 0 Å². The van der Waals surface area contributed by atoms with Crippen molar-refractivity contribution in [3.8, 4) is 0 Å². The average Bonchev–Trinajstić information content (AvgIpc) is 2.38. The number of aryl methyl sites for hydroxylation is 1. The molecule has 0 aliphatic heterocycles. The van der Waals surface area contributed by atoms with E-state index in [2.05, 4.69) is 0 Å². The van der Waals surface area contributed by atoms with Gasteiger partial charge in [-0.2, -0.15) is 0 Å². The Kier molecular flexibility index (Phi) is 4.18. The second-order valence-corrected chi connectivity index (χ2v) is 5.04. The Morgan fingerprint density at radius 1 is 1.12 bits per heavy atom. The molecule has 1 aromatic rings. The third-order valence-corrected chi connectivity index (χ3v) is 3.77. The molecule has 1 aliphatic carbocycles. The Morgan fingerprint density at radius 2 is 1.76 bits per heavy atom. The van der Waals surface area contributed by atoms with E-state index in [4.69, 9.17) is 5.11 Å². The van der Waals surface area contributed by atoms with Gasteiger partial charge in [0.1, 0.15) is 0 Å². The summed E-state index contributed by atoms with van der Waals surface area (Å²) >= 11 is 0. The molecule has 0 unspecified atom stereocenters. The molecular formula is C15H20O2. The van der Waals surface area contributed by atoms with Crippen molar-refractivity contribution in [3.05, 3.63) is 35.4 Å². The van der Waals surface area contributed by atoms with E-state index >= 15 is 0 Å². The van der Waals surface area contributed by atoms with E-state index in [1.54, 1.807) is 12.1 Å². The van der Waals surface area contributed by atoms with Crippen molar-refractivity contribution in [1.29, 1.82) is 0 Å². The van der Waals surface area contributed by atoms with Crippen molar-refractivity contribution in [2.24, 2.45) is 5.92 Å². The largest absolute Gasteiger partial charge is 0.478 e. The number of hydrogen-bond acceptors (Lipinski definition) is 1. The minimum Gasteiger partial charge on any atom is -0.478 e. The van der Waals surface area contributed by atoms with Gasteiger partial charge in [-0.25, -0.2) is 4.79 Å². The molecule has 0 radical (unpaired) electrons. The number of rotatable bonds is 4. The Hall–Kier alpha value is -1.31. The summed E-state index contributed by atoms with van der Waals surface area (Å²) in [6, 6.07) is 7.32. The van der Waals surface area contributed by atoms with Crippen LogP contribution in [0.1, 0.15) is 54.4 Å². The van der Waals surface area contributed by atoms with Crippen molar-refractivity contribution in [3.63, 3.8) is 0 Å². The Labute approximate surface area is 103 Å². The highest BCUT2D eigenvalue weighted by atomic mass is 16.4. The summed E-state index contributed by atoms with van der Waals surface area (Å²) < 4.78 is 0. The lowest BCUT2D eigenvalue weighted by Crippen LogP contribution is -2.07. The molecule has 92 valence electrons. The summed E-state index contributed by atoms with van der Waals surface area (Å²) in [5.74, 6) is 0.0479. The van der Waals surface area contributed by atoms with Crippen LogP contribution in [0, 0.1) is 5.92 Å². The van der Waals surface area contributed by atoms with Gasteiger partial charge in [-0.15, -0.1) is 0 Å². The van der Waals surface area contributed by atoms with Crippen LogP contribution < -0.4 is 0 Å². The van der Waals surface area contributed by atoms with Crippen LogP contribution >= 0.6 is 0 Å². The summed E-state index contributed by atoms with van der Waals surface area (Å²) in [6.07, 6.45) is 9.30. The first-order chi connectivity index (χ1) is 8.25. The molecule has 17 heavy (non-hydrogen) atoms.